The normalized spacial score (nSPS) is 30.2. The Balaban J connectivity index is 1.59. The maximum absolute atomic E-state index is 13.4. The van der Waals surface area contributed by atoms with Crippen LogP contribution in [-0.4, -0.2) is 91.1 Å². The van der Waals surface area contributed by atoms with Crippen LogP contribution in [0.2, 0.25) is 0 Å². The minimum absolute atomic E-state index is 0.0292. The molecular formula is C24H37N3O4S. The van der Waals surface area contributed by atoms with Crippen molar-refractivity contribution in [3.05, 3.63) is 35.9 Å². The van der Waals surface area contributed by atoms with E-state index in [4.69, 9.17) is 0 Å². The SMILES string of the molecule is CN(C)[C@]1(c2ccccc2)CC[C@@]2(CC1)CN(CCS(C)(=O)=O)C(=O)N2CC1(O)CCC1. The van der Waals surface area contributed by atoms with Gasteiger partial charge in [-0.25, -0.2) is 13.2 Å². The number of benzene rings is 1. The Morgan fingerprint density at radius 1 is 1.03 bits per heavy atom. The fourth-order valence-electron chi connectivity index (χ4n) is 5.90. The van der Waals surface area contributed by atoms with Crippen LogP contribution >= 0.6 is 0 Å². The lowest BCUT2D eigenvalue weighted by molar-refractivity contribution is -0.0725. The fraction of sp³-hybridized carbons (Fsp3) is 0.708. The van der Waals surface area contributed by atoms with Crippen LogP contribution in [0.25, 0.3) is 0 Å². The van der Waals surface area contributed by atoms with E-state index in [0.717, 1.165) is 44.9 Å². The first-order chi connectivity index (χ1) is 15.0. The van der Waals surface area contributed by atoms with Crippen LogP contribution in [0.1, 0.15) is 50.5 Å². The number of hydrogen-bond acceptors (Lipinski definition) is 5. The Morgan fingerprint density at radius 3 is 2.16 bits per heavy atom. The lowest BCUT2D eigenvalue weighted by Gasteiger charge is -2.52. The highest BCUT2D eigenvalue weighted by molar-refractivity contribution is 7.90. The van der Waals surface area contributed by atoms with Gasteiger partial charge in [-0.2, -0.15) is 0 Å². The van der Waals surface area contributed by atoms with Crippen molar-refractivity contribution < 1.29 is 18.3 Å². The summed E-state index contributed by atoms with van der Waals surface area (Å²) in [5, 5.41) is 10.9. The molecule has 0 atom stereocenters. The molecule has 2 amide bonds. The van der Waals surface area contributed by atoms with Crippen LogP contribution in [-0.2, 0) is 15.4 Å². The minimum Gasteiger partial charge on any atom is -0.388 e. The van der Waals surface area contributed by atoms with Crippen LogP contribution < -0.4 is 0 Å². The first-order valence-electron chi connectivity index (χ1n) is 11.7. The molecule has 4 rings (SSSR count). The number of carbonyl (C=O) groups is 1. The van der Waals surface area contributed by atoms with Crippen molar-refractivity contribution in [3.8, 4) is 0 Å². The van der Waals surface area contributed by atoms with Gasteiger partial charge in [0.25, 0.3) is 0 Å². The zero-order valence-electron chi connectivity index (χ0n) is 19.6. The van der Waals surface area contributed by atoms with Crippen LogP contribution in [0.3, 0.4) is 0 Å². The molecular weight excluding hydrogens is 426 g/mol. The van der Waals surface area contributed by atoms with Crippen LogP contribution in [0.15, 0.2) is 30.3 Å². The molecule has 1 spiro atoms. The number of rotatable bonds is 7. The van der Waals surface area contributed by atoms with E-state index in [1.807, 2.05) is 11.0 Å². The molecule has 1 saturated heterocycles. The van der Waals surface area contributed by atoms with Crippen molar-refractivity contribution >= 4 is 15.9 Å². The summed E-state index contributed by atoms with van der Waals surface area (Å²) in [6, 6.07) is 10.4. The maximum atomic E-state index is 13.4. The average molecular weight is 464 g/mol. The van der Waals surface area contributed by atoms with Crippen molar-refractivity contribution in [2.24, 2.45) is 0 Å². The van der Waals surface area contributed by atoms with E-state index < -0.39 is 15.4 Å². The van der Waals surface area contributed by atoms with Crippen molar-refractivity contribution in [1.82, 2.24) is 14.7 Å². The molecule has 3 fully saturated rings. The third-order valence-corrected chi connectivity index (χ3v) is 9.13. The Morgan fingerprint density at radius 2 is 1.66 bits per heavy atom. The predicted octanol–water partition coefficient (Wildman–Crippen LogP) is 2.45. The summed E-state index contributed by atoms with van der Waals surface area (Å²) in [7, 11) is 1.09. The molecule has 1 heterocycles. The molecule has 1 N–H and O–H groups in total. The molecule has 2 saturated carbocycles. The van der Waals surface area contributed by atoms with Crippen LogP contribution in [0.4, 0.5) is 4.79 Å². The molecule has 1 aromatic rings. The molecule has 2 aliphatic carbocycles. The standard InChI is InChI=1S/C24H37N3O4S/c1-25(2)24(20-8-5-4-6-9-20)14-12-22(13-15-24)18-26(16-17-32(3,30)31)21(28)27(22)19-23(29)10-7-11-23/h4-6,8-9,29H,7,10-19H2,1-3H3/t22-,24-. The minimum atomic E-state index is -3.16. The summed E-state index contributed by atoms with van der Waals surface area (Å²) < 4.78 is 23.5. The quantitative estimate of drug-likeness (QED) is 0.672. The zero-order valence-corrected chi connectivity index (χ0v) is 20.4. The monoisotopic (exact) mass is 463 g/mol. The summed E-state index contributed by atoms with van der Waals surface area (Å²) in [6.07, 6.45) is 7.13. The van der Waals surface area contributed by atoms with Crippen molar-refractivity contribution in [2.75, 3.05) is 45.7 Å². The maximum Gasteiger partial charge on any atom is 0.320 e. The molecule has 0 radical (unpaired) electrons. The lowest BCUT2D eigenvalue weighted by Crippen LogP contribution is -2.59. The van der Waals surface area contributed by atoms with Gasteiger partial charge in [-0.15, -0.1) is 0 Å². The average Bonchev–Trinajstić information content (AvgIpc) is 2.97. The number of amides is 2. The highest BCUT2D eigenvalue weighted by atomic mass is 32.2. The van der Waals surface area contributed by atoms with Gasteiger partial charge in [0.05, 0.1) is 23.4 Å². The molecule has 3 aliphatic rings. The summed E-state index contributed by atoms with van der Waals surface area (Å²) >= 11 is 0. The first kappa shape index (κ1) is 23.5. The number of aliphatic hydroxyl groups is 1. The third kappa shape index (κ3) is 4.29. The highest BCUT2D eigenvalue weighted by Crippen LogP contribution is 2.50. The van der Waals surface area contributed by atoms with Gasteiger partial charge < -0.3 is 14.9 Å². The number of nitrogens with zero attached hydrogens (tertiary/aromatic N) is 3. The summed E-state index contributed by atoms with van der Waals surface area (Å²) in [4.78, 5) is 19.3. The summed E-state index contributed by atoms with van der Waals surface area (Å²) in [5.41, 5.74) is 0.0517. The molecule has 0 aromatic heterocycles. The van der Waals surface area contributed by atoms with E-state index in [1.165, 1.54) is 11.8 Å². The van der Waals surface area contributed by atoms with Gasteiger partial charge >= 0.3 is 6.03 Å². The van der Waals surface area contributed by atoms with E-state index >= 15 is 0 Å². The van der Waals surface area contributed by atoms with E-state index in [-0.39, 0.29) is 29.4 Å². The van der Waals surface area contributed by atoms with Gasteiger partial charge in [-0.05, 0) is 64.6 Å². The third-order valence-electron chi connectivity index (χ3n) is 8.20. The topological polar surface area (TPSA) is 81.2 Å². The van der Waals surface area contributed by atoms with Crippen molar-refractivity contribution in [1.29, 1.82) is 0 Å². The summed E-state index contributed by atoms with van der Waals surface area (Å²) in [6.45, 7) is 1.10. The van der Waals surface area contributed by atoms with E-state index in [0.29, 0.717) is 13.1 Å². The van der Waals surface area contributed by atoms with Crippen molar-refractivity contribution in [2.45, 2.75) is 61.6 Å². The van der Waals surface area contributed by atoms with Gasteiger partial charge in [0.15, 0.2) is 0 Å². The Kier molecular flexibility index (Phi) is 6.09. The molecule has 1 aromatic carbocycles. The van der Waals surface area contributed by atoms with E-state index in [2.05, 4.69) is 43.3 Å². The fourth-order valence-corrected chi connectivity index (χ4v) is 6.46. The number of sulfone groups is 1. The van der Waals surface area contributed by atoms with Gasteiger partial charge in [0, 0.05) is 24.9 Å². The van der Waals surface area contributed by atoms with Gasteiger partial charge in [0.1, 0.15) is 9.84 Å². The summed E-state index contributed by atoms with van der Waals surface area (Å²) in [5.74, 6) is -0.0292. The predicted molar refractivity (Wildman–Crippen MR) is 125 cm³/mol. The van der Waals surface area contributed by atoms with Gasteiger partial charge in [0.2, 0.25) is 0 Å². The molecule has 8 heteroatoms. The van der Waals surface area contributed by atoms with Crippen LogP contribution in [0.5, 0.6) is 0 Å². The molecule has 178 valence electrons. The van der Waals surface area contributed by atoms with Crippen LogP contribution in [0, 0.1) is 0 Å². The number of hydrogen-bond donors (Lipinski definition) is 1. The van der Waals surface area contributed by atoms with Gasteiger partial charge in [-0.3, -0.25) is 4.90 Å². The Hall–Kier alpha value is -1.64. The largest absolute Gasteiger partial charge is 0.388 e. The Bertz CT molecular complexity index is 935. The molecule has 0 unspecified atom stereocenters. The Labute approximate surface area is 192 Å². The smallest absolute Gasteiger partial charge is 0.320 e. The molecule has 32 heavy (non-hydrogen) atoms. The molecule has 1 aliphatic heterocycles. The number of carbonyl (C=O) groups excluding carboxylic acids is 1. The molecule has 7 nitrogen and oxygen atoms in total. The van der Waals surface area contributed by atoms with E-state index in [9.17, 15) is 18.3 Å². The second kappa shape index (κ2) is 8.29. The van der Waals surface area contributed by atoms with E-state index in [1.54, 1.807) is 4.90 Å². The number of urea groups is 1. The second-order valence-electron chi connectivity index (χ2n) is 10.5. The van der Waals surface area contributed by atoms with Crippen molar-refractivity contribution in [3.63, 3.8) is 0 Å². The van der Waals surface area contributed by atoms with Gasteiger partial charge in [-0.1, -0.05) is 30.3 Å². The molecule has 0 bridgehead atoms. The second-order valence-corrected chi connectivity index (χ2v) is 12.8. The highest BCUT2D eigenvalue weighted by Gasteiger charge is 2.56. The zero-order chi connectivity index (χ0) is 23.2. The first-order valence-corrected chi connectivity index (χ1v) is 13.7. The number of β-amino-alcohol motifs (C(OH)–C–C–N with tert-alkyl or cyclic N) is 1. The lowest BCUT2D eigenvalue weighted by atomic mass is 9.67.